The van der Waals surface area contributed by atoms with Gasteiger partial charge in [0.15, 0.2) is 11.5 Å². The molecule has 1 saturated heterocycles. The summed E-state index contributed by atoms with van der Waals surface area (Å²) in [6.07, 6.45) is 8.91. The Hall–Kier alpha value is -2.86. The van der Waals surface area contributed by atoms with E-state index in [0.717, 1.165) is 30.9 Å². The Morgan fingerprint density at radius 3 is 2.63 bits per heavy atom. The van der Waals surface area contributed by atoms with Crippen molar-refractivity contribution in [2.75, 3.05) is 36.8 Å². The SMILES string of the molecule is Nc1ccc2c(c1)O/C(=C/c1ccncc1)C(=O)N2CCN1CCCCC1. The van der Waals surface area contributed by atoms with Crippen molar-refractivity contribution in [2.45, 2.75) is 19.3 Å². The lowest BCUT2D eigenvalue weighted by atomic mass is 10.1. The van der Waals surface area contributed by atoms with E-state index >= 15 is 0 Å². The Morgan fingerprint density at radius 2 is 1.85 bits per heavy atom. The molecule has 4 rings (SSSR count). The fraction of sp³-hybridized carbons (Fsp3) is 0.333. The molecular formula is C21H24N4O2. The molecule has 0 aliphatic carbocycles. The van der Waals surface area contributed by atoms with Crippen LogP contribution in [0.4, 0.5) is 11.4 Å². The van der Waals surface area contributed by atoms with Crippen molar-refractivity contribution in [1.82, 2.24) is 9.88 Å². The van der Waals surface area contributed by atoms with Crippen molar-refractivity contribution >= 4 is 23.4 Å². The number of piperidine rings is 1. The number of likely N-dealkylation sites (tertiary alicyclic amines) is 1. The molecule has 0 spiro atoms. The second-order valence-corrected chi connectivity index (χ2v) is 6.98. The van der Waals surface area contributed by atoms with E-state index in [1.54, 1.807) is 35.5 Å². The van der Waals surface area contributed by atoms with Gasteiger partial charge in [-0.25, -0.2) is 0 Å². The molecule has 2 aliphatic heterocycles. The highest BCUT2D eigenvalue weighted by molar-refractivity contribution is 6.10. The predicted octanol–water partition coefficient (Wildman–Crippen LogP) is 2.92. The van der Waals surface area contributed by atoms with E-state index in [2.05, 4.69) is 9.88 Å². The second kappa shape index (κ2) is 7.80. The highest BCUT2D eigenvalue weighted by Crippen LogP contribution is 2.37. The van der Waals surface area contributed by atoms with Crippen LogP contribution in [0.2, 0.25) is 0 Å². The van der Waals surface area contributed by atoms with Gasteiger partial charge >= 0.3 is 0 Å². The van der Waals surface area contributed by atoms with Crippen LogP contribution < -0.4 is 15.4 Å². The number of carbonyl (C=O) groups excluding carboxylic acids is 1. The first-order chi connectivity index (χ1) is 13.2. The molecular weight excluding hydrogens is 340 g/mol. The summed E-state index contributed by atoms with van der Waals surface area (Å²) < 4.78 is 5.91. The first-order valence-corrected chi connectivity index (χ1v) is 9.44. The average molecular weight is 364 g/mol. The number of anilines is 2. The zero-order chi connectivity index (χ0) is 18.6. The molecule has 0 radical (unpaired) electrons. The van der Waals surface area contributed by atoms with Crippen LogP contribution in [0, 0.1) is 0 Å². The van der Waals surface area contributed by atoms with E-state index in [9.17, 15) is 4.79 Å². The fourth-order valence-corrected chi connectivity index (χ4v) is 3.59. The number of nitrogen functional groups attached to an aromatic ring is 1. The van der Waals surface area contributed by atoms with Gasteiger partial charge in [0.05, 0.1) is 5.69 Å². The molecule has 140 valence electrons. The van der Waals surface area contributed by atoms with Gasteiger partial charge in [-0.3, -0.25) is 9.78 Å². The van der Waals surface area contributed by atoms with Crippen molar-refractivity contribution in [3.8, 4) is 5.75 Å². The lowest BCUT2D eigenvalue weighted by molar-refractivity contribution is -0.117. The number of nitrogens with zero attached hydrogens (tertiary/aromatic N) is 3. The number of carbonyl (C=O) groups is 1. The summed E-state index contributed by atoms with van der Waals surface area (Å²) in [5.74, 6) is 0.799. The third-order valence-corrected chi connectivity index (χ3v) is 5.04. The van der Waals surface area contributed by atoms with Gasteiger partial charge < -0.3 is 20.3 Å². The first-order valence-electron chi connectivity index (χ1n) is 9.44. The summed E-state index contributed by atoms with van der Waals surface area (Å²) in [5.41, 5.74) is 8.19. The van der Waals surface area contributed by atoms with Crippen molar-refractivity contribution in [2.24, 2.45) is 0 Å². The zero-order valence-corrected chi connectivity index (χ0v) is 15.3. The summed E-state index contributed by atoms with van der Waals surface area (Å²) in [5, 5.41) is 0. The molecule has 27 heavy (non-hydrogen) atoms. The number of ether oxygens (including phenoxy) is 1. The molecule has 0 unspecified atom stereocenters. The van der Waals surface area contributed by atoms with Crippen LogP contribution in [0.5, 0.6) is 5.75 Å². The number of hydrogen-bond donors (Lipinski definition) is 1. The largest absolute Gasteiger partial charge is 0.449 e. The van der Waals surface area contributed by atoms with Gasteiger partial charge in [-0.05, 0) is 61.8 Å². The number of aromatic nitrogens is 1. The molecule has 0 atom stereocenters. The van der Waals surface area contributed by atoms with E-state index in [1.165, 1.54) is 19.3 Å². The molecule has 1 amide bonds. The molecule has 0 saturated carbocycles. The minimum Gasteiger partial charge on any atom is -0.449 e. The number of pyridine rings is 1. The zero-order valence-electron chi connectivity index (χ0n) is 15.3. The maximum Gasteiger partial charge on any atom is 0.294 e. The molecule has 3 heterocycles. The Labute approximate surface area is 159 Å². The van der Waals surface area contributed by atoms with E-state index in [1.807, 2.05) is 18.2 Å². The Bertz CT molecular complexity index is 845. The van der Waals surface area contributed by atoms with Gasteiger partial charge in [-0.1, -0.05) is 6.42 Å². The van der Waals surface area contributed by atoms with Gasteiger partial charge in [0.25, 0.3) is 5.91 Å². The first kappa shape index (κ1) is 17.5. The Morgan fingerprint density at radius 1 is 1.07 bits per heavy atom. The number of amides is 1. The highest BCUT2D eigenvalue weighted by Gasteiger charge is 2.30. The molecule has 0 bridgehead atoms. The second-order valence-electron chi connectivity index (χ2n) is 6.98. The summed E-state index contributed by atoms with van der Waals surface area (Å²) in [4.78, 5) is 21.4. The summed E-state index contributed by atoms with van der Waals surface area (Å²) in [6.45, 7) is 3.70. The van der Waals surface area contributed by atoms with Crippen LogP contribution in [0.25, 0.3) is 6.08 Å². The van der Waals surface area contributed by atoms with Crippen molar-refractivity contribution in [3.05, 3.63) is 54.0 Å². The van der Waals surface area contributed by atoms with Gasteiger partial charge in [-0.15, -0.1) is 0 Å². The van der Waals surface area contributed by atoms with Gasteiger partial charge in [0.1, 0.15) is 0 Å². The molecule has 1 fully saturated rings. The number of rotatable bonds is 4. The summed E-state index contributed by atoms with van der Waals surface area (Å²) >= 11 is 0. The highest BCUT2D eigenvalue weighted by atomic mass is 16.5. The standard InChI is InChI=1S/C21H24N4O2/c22-17-4-5-18-19(15-17)27-20(14-16-6-8-23-9-7-16)21(26)25(18)13-12-24-10-2-1-3-11-24/h4-9,14-15H,1-3,10-13,22H2/b20-14+. The fourth-order valence-electron chi connectivity index (χ4n) is 3.59. The van der Waals surface area contributed by atoms with Crippen molar-refractivity contribution < 1.29 is 9.53 Å². The maximum absolute atomic E-state index is 13.1. The van der Waals surface area contributed by atoms with Crippen LogP contribution in [0.1, 0.15) is 24.8 Å². The van der Waals surface area contributed by atoms with Crippen LogP contribution in [0.15, 0.2) is 48.5 Å². The minimum atomic E-state index is -0.124. The van der Waals surface area contributed by atoms with Crippen LogP contribution in [0.3, 0.4) is 0 Å². The molecule has 1 aromatic carbocycles. The maximum atomic E-state index is 13.1. The summed E-state index contributed by atoms with van der Waals surface area (Å²) in [7, 11) is 0. The van der Waals surface area contributed by atoms with Crippen molar-refractivity contribution in [1.29, 1.82) is 0 Å². The van der Waals surface area contributed by atoms with Gasteiger partial charge in [0, 0.05) is 37.2 Å². The third-order valence-electron chi connectivity index (χ3n) is 5.04. The monoisotopic (exact) mass is 364 g/mol. The van der Waals surface area contributed by atoms with Gasteiger partial charge in [0.2, 0.25) is 0 Å². The molecule has 2 aromatic rings. The minimum absolute atomic E-state index is 0.124. The Kier molecular flexibility index (Phi) is 5.07. The van der Waals surface area contributed by atoms with Crippen LogP contribution >= 0.6 is 0 Å². The topological polar surface area (TPSA) is 71.7 Å². The average Bonchev–Trinajstić information content (AvgIpc) is 2.70. The number of benzene rings is 1. The summed E-state index contributed by atoms with van der Waals surface area (Å²) in [6, 6.07) is 9.13. The molecule has 6 heteroatoms. The lowest BCUT2D eigenvalue weighted by Crippen LogP contribution is -2.43. The number of hydrogen-bond acceptors (Lipinski definition) is 5. The quantitative estimate of drug-likeness (QED) is 0.667. The van der Waals surface area contributed by atoms with Gasteiger partial charge in [-0.2, -0.15) is 0 Å². The lowest BCUT2D eigenvalue weighted by Gasteiger charge is -2.33. The molecule has 1 aromatic heterocycles. The normalized spacial score (nSPS) is 19.0. The number of fused-ring (bicyclic) bond motifs is 1. The molecule has 6 nitrogen and oxygen atoms in total. The van der Waals surface area contributed by atoms with E-state index in [-0.39, 0.29) is 5.91 Å². The van der Waals surface area contributed by atoms with E-state index in [4.69, 9.17) is 10.5 Å². The Balaban J connectivity index is 1.61. The smallest absolute Gasteiger partial charge is 0.294 e. The van der Waals surface area contributed by atoms with E-state index in [0.29, 0.717) is 23.7 Å². The predicted molar refractivity (Wildman–Crippen MR) is 106 cm³/mol. The molecule has 2 N–H and O–H groups in total. The molecule has 2 aliphatic rings. The van der Waals surface area contributed by atoms with Crippen molar-refractivity contribution in [3.63, 3.8) is 0 Å². The van der Waals surface area contributed by atoms with Crippen LogP contribution in [-0.4, -0.2) is 42.0 Å². The number of nitrogens with two attached hydrogens (primary N) is 1. The van der Waals surface area contributed by atoms with E-state index < -0.39 is 0 Å². The van der Waals surface area contributed by atoms with Crippen LogP contribution in [-0.2, 0) is 4.79 Å². The third kappa shape index (κ3) is 3.95.